The van der Waals surface area contributed by atoms with E-state index in [-0.39, 0.29) is 11.9 Å². The summed E-state index contributed by atoms with van der Waals surface area (Å²) in [6.07, 6.45) is 4.68. The topological polar surface area (TPSA) is 67.3 Å². The first-order valence-electron chi connectivity index (χ1n) is 10.1. The number of aryl methyl sites for hydroxylation is 1. The highest BCUT2D eigenvalue weighted by Crippen LogP contribution is 2.33. The van der Waals surface area contributed by atoms with E-state index in [2.05, 4.69) is 10.3 Å². The average molecular weight is 380 g/mol. The summed E-state index contributed by atoms with van der Waals surface area (Å²) in [6.45, 7) is 8.17. The van der Waals surface area contributed by atoms with E-state index in [0.717, 1.165) is 55.0 Å². The van der Waals surface area contributed by atoms with Gasteiger partial charge in [0.1, 0.15) is 5.75 Å². The Morgan fingerprint density at radius 3 is 3.04 bits per heavy atom. The first-order valence-corrected chi connectivity index (χ1v) is 10.1. The molecule has 1 aromatic heterocycles. The van der Waals surface area contributed by atoms with Crippen molar-refractivity contribution >= 4 is 5.91 Å². The molecule has 1 aromatic carbocycles. The number of ether oxygens (including phenoxy) is 1. The Labute approximate surface area is 166 Å². The van der Waals surface area contributed by atoms with E-state index in [1.807, 2.05) is 56.1 Å². The van der Waals surface area contributed by atoms with Gasteiger partial charge in [0.2, 0.25) is 0 Å². The Bertz CT molecular complexity index is 881. The lowest BCUT2D eigenvalue weighted by atomic mass is 10.1. The Hall–Kier alpha value is -2.47. The largest absolute Gasteiger partial charge is 0.478 e. The van der Waals surface area contributed by atoms with Gasteiger partial charge >= 0.3 is 0 Å². The van der Waals surface area contributed by atoms with Crippen molar-refractivity contribution in [3.05, 3.63) is 53.1 Å². The molecule has 28 heavy (non-hydrogen) atoms. The molecule has 3 heterocycles. The zero-order chi connectivity index (χ0) is 19.7. The van der Waals surface area contributed by atoms with Crippen LogP contribution in [0.3, 0.4) is 0 Å². The summed E-state index contributed by atoms with van der Waals surface area (Å²) in [7, 11) is 0. The number of likely N-dealkylation sites (tertiary alicyclic amines) is 1. The number of nitrogens with one attached hydrogen (secondary N) is 1. The van der Waals surface area contributed by atoms with Gasteiger partial charge in [0.15, 0.2) is 11.4 Å². The fraction of sp³-hybridized carbons (Fsp3) is 0.500. The lowest BCUT2D eigenvalue weighted by Crippen LogP contribution is -2.48. The summed E-state index contributed by atoms with van der Waals surface area (Å²) in [5, 5.41) is 3.34. The minimum absolute atomic E-state index is 0.0144. The minimum atomic E-state index is -0.950. The van der Waals surface area contributed by atoms with E-state index < -0.39 is 5.60 Å². The summed E-state index contributed by atoms with van der Waals surface area (Å²) in [6, 6.07) is 7.73. The molecule has 0 bridgehead atoms. The molecule has 1 amide bonds. The number of rotatable bonds is 4. The van der Waals surface area contributed by atoms with E-state index in [9.17, 15) is 4.79 Å². The van der Waals surface area contributed by atoms with Crippen LogP contribution in [0.4, 0.5) is 0 Å². The maximum absolute atomic E-state index is 13.4. The van der Waals surface area contributed by atoms with Crippen LogP contribution >= 0.6 is 0 Å². The van der Waals surface area contributed by atoms with Gasteiger partial charge < -0.3 is 15.0 Å². The smallest absolute Gasteiger partial charge is 0.266 e. The van der Waals surface area contributed by atoms with Crippen LogP contribution in [0.25, 0.3) is 0 Å². The molecule has 1 saturated heterocycles. The number of fused-ring (bicyclic) bond motifs is 1. The lowest BCUT2D eigenvalue weighted by molar-refractivity contribution is -0.146. The SMILES string of the molecule is Cc1cccc(OC(C)(C)C(=O)N2CCC[C@H]2c2ncc3c(n2)CCNC3)c1. The summed E-state index contributed by atoms with van der Waals surface area (Å²) in [4.78, 5) is 24.7. The highest BCUT2D eigenvalue weighted by molar-refractivity contribution is 5.85. The van der Waals surface area contributed by atoms with Crippen LogP contribution in [0, 0.1) is 6.92 Å². The van der Waals surface area contributed by atoms with E-state index in [1.54, 1.807) is 0 Å². The fourth-order valence-electron chi connectivity index (χ4n) is 4.05. The zero-order valence-electron chi connectivity index (χ0n) is 16.9. The van der Waals surface area contributed by atoms with Crippen LogP contribution in [-0.2, 0) is 17.8 Å². The highest BCUT2D eigenvalue weighted by Gasteiger charge is 2.41. The molecule has 4 rings (SSSR count). The quantitative estimate of drug-likeness (QED) is 0.883. The van der Waals surface area contributed by atoms with E-state index in [4.69, 9.17) is 9.72 Å². The molecule has 2 aliphatic heterocycles. The molecule has 0 radical (unpaired) electrons. The Kier molecular flexibility index (Phi) is 5.06. The molecule has 1 N–H and O–H groups in total. The van der Waals surface area contributed by atoms with Crippen LogP contribution in [-0.4, -0.2) is 39.5 Å². The van der Waals surface area contributed by atoms with Gasteiger partial charge in [-0.05, 0) is 51.3 Å². The molecule has 0 aliphatic carbocycles. The number of carbonyl (C=O) groups is 1. The van der Waals surface area contributed by atoms with Crippen molar-refractivity contribution in [1.29, 1.82) is 0 Å². The normalized spacial score (nSPS) is 19.4. The lowest BCUT2D eigenvalue weighted by Gasteiger charge is -2.33. The Morgan fingerprint density at radius 1 is 1.36 bits per heavy atom. The maximum atomic E-state index is 13.4. The van der Waals surface area contributed by atoms with E-state index >= 15 is 0 Å². The van der Waals surface area contributed by atoms with Crippen LogP contribution in [0.1, 0.15) is 55.4 Å². The number of hydrogen-bond acceptors (Lipinski definition) is 5. The maximum Gasteiger partial charge on any atom is 0.266 e. The summed E-state index contributed by atoms with van der Waals surface area (Å²) < 4.78 is 6.09. The standard InChI is InChI=1S/C22H28N4O2/c1-15-6-4-7-17(12-15)28-22(2,3)21(27)26-11-5-8-19(26)20-24-14-16-13-23-10-9-18(16)25-20/h4,6-7,12,14,19,23H,5,8-11,13H2,1-3H3/t19-/m0/s1. The molecule has 2 aromatic rings. The molecule has 0 unspecified atom stereocenters. The van der Waals surface area contributed by atoms with Gasteiger partial charge in [-0.15, -0.1) is 0 Å². The third-order valence-electron chi connectivity index (χ3n) is 5.52. The second-order valence-corrected chi connectivity index (χ2v) is 8.21. The minimum Gasteiger partial charge on any atom is -0.478 e. The molecule has 6 nitrogen and oxygen atoms in total. The van der Waals surface area contributed by atoms with Gasteiger partial charge in [0.25, 0.3) is 5.91 Å². The first-order chi connectivity index (χ1) is 13.4. The average Bonchev–Trinajstić information content (AvgIpc) is 3.16. The van der Waals surface area contributed by atoms with Gasteiger partial charge in [0, 0.05) is 43.5 Å². The molecule has 2 aliphatic rings. The van der Waals surface area contributed by atoms with Crippen molar-refractivity contribution in [3.8, 4) is 5.75 Å². The van der Waals surface area contributed by atoms with Gasteiger partial charge in [-0.2, -0.15) is 0 Å². The molecule has 0 spiro atoms. The van der Waals surface area contributed by atoms with Crippen LogP contribution in [0.2, 0.25) is 0 Å². The predicted octanol–water partition coefficient (Wildman–Crippen LogP) is 2.95. The number of amides is 1. The first kappa shape index (κ1) is 18.9. The molecule has 1 atom stereocenters. The van der Waals surface area contributed by atoms with Crippen LogP contribution in [0.5, 0.6) is 5.75 Å². The number of aromatic nitrogens is 2. The number of carbonyl (C=O) groups excluding carboxylic acids is 1. The van der Waals surface area contributed by atoms with Crippen molar-refractivity contribution < 1.29 is 9.53 Å². The van der Waals surface area contributed by atoms with Crippen molar-refractivity contribution in [2.75, 3.05) is 13.1 Å². The summed E-state index contributed by atoms with van der Waals surface area (Å²) in [5.74, 6) is 1.46. The Balaban J connectivity index is 1.54. The summed E-state index contributed by atoms with van der Waals surface area (Å²) in [5.41, 5.74) is 2.43. The second-order valence-electron chi connectivity index (χ2n) is 8.21. The molecule has 0 saturated carbocycles. The fourth-order valence-corrected chi connectivity index (χ4v) is 4.05. The molecule has 6 heteroatoms. The Morgan fingerprint density at radius 2 is 2.21 bits per heavy atom. The van der Waals surface area contributed by atoms with E-state index in [0.29, 0.717) is 12.3 Å². The molecule has 1 fully saturated rings. The molecule has 148 valence electrons. The van der Waals surface area contributed by atoms with E-state index in [1.165, 1.54) is 0 Å². The second kappa shape index (κ2) is 7.51. The van der Waals surface area contributed by atoms with Gasteiger partial charge in [0.05, 0.1) is 6.04 Å². The van der Waals surface area contributed by atoms with Crippen LogP contribution < -0.4 is 10.1 Å². The van der Waals surface area contributed by atoms with Gasteiger partial charge in [-0.25, -0.2) is 9.97 Å². The molecular formula is C22H28N4O2. The number of benzene rings is 1. The van der Waals surface area contributed by atoms with Crippen LogP contribution in [0.15, 0.2) is 30.5 Å². The van der Waals surface area contributed by atoms with Gasteiger partial charge in [-0.3, -0.25) is 4.79 Å². The summed E-state index contributed by atoms with van der Waals surface area (Å²) >= 11 is 0. The van der Waals surface area contributed by atoms with Crippen molar-refractivity contribution in [2.45, 2.75) is 58.2 Å². The third kappa shape index (κ3) is 3.74. The van der Waals surface area contributed by atoms with Crippen molar-refractivity contribution in [1.82, 2.24) is 20.2 Å². The third-order valence-corrected chi connectivity index (χ3v) is 5.52. The van der Waals surface area contributed by atoms with Crippen molar-refractivity contribution in [2.24, 2.45) is 0 Å². The monoisotopic (exact) mass is 380 g/mol. The zero-order valence-corrected chi connectivity index (χ0v) is 16.9. The number of hydrogen-bond donors (Lipinski definition) is 1. The van der Waals surface area contributed by atoms with Crippen molar-refractivity contribution in [3.63, 3.8) is 0 Å². The highest BCUT2D eigenvalue weighted by atomic mass is 16.5. The predicted molar refractivity (Wildman–Crippen MR) is 107 cm³/mol. The van der Waals surface area contributed by atoms with Gasteiger partial charge in [-0.1, -0.05) is 12.1 Å². The molecular weight excluding hydrogens is 352 g/mol. The number of nitrogens with zero attached hydrogens (tertiary/aromatic N) is 3.